The second kappa shape index (κ2) is 9.80. The average molecular weight is 433 g/mol. The Bertz CT molecular complexity index is 1060. The van der Waals surface area contributed by atoms with Crippen LogP contribution in [0.1, 0.15) is 29.4 Å². The van der Waals surface area contributed by atoms with Crippen LogP contribution < -0.4 is 11.1 Å². The van der Waals surface area contributed by atoms with Gasteiger partial charge in [0.15, 0.2) is 5.82 Å². The number of carbonyl (C=O) groups is 1. The highest BCUT2D eigenvalue weighted by Gasteiger charge is 2.16. The van der Waals surface area contributed by atoms with Crippen LogP contribution in [0.4, 0.5) is 15.8 Å². The molecule has 0 bridgehead atoms. The van der Waals surface area contributed by atoms with E-state index in [-0.39, 0.29) is 29.1 Å². The first-order chi connectivity index (χ1) is 14.4. The van der Waals surface area contributed by atoms with Gasteiger partial charge in [0.1, 0.15) is 11.2 Å². The number of nitrogens with two attached hydrogens (primary N) is 1. The van der Waals surface area contributed by atoms with E-state index >= 15 is 0 Å². The van der Waals surface area contributed by atoms with Crippen molar-refractivity contribution in [2.75, 3.05) is 19.0 Å². The zero-order valence-electron chi connectivity index (χ0n) is 16.6. The Kier molecular flexibility index (Phi) is 7.15. The van der Waals surface area contributed by atoms with Crippen molar-refractivity contribution in [2.45, 2.75) is 26.0 Å². The quantitative estimate of drug-likeness (QED) is 0.406. The van der Waals surface area contributed by atoms with Crippen LogP contribution >= 0.6 is 11.6 Å². The van der Waals surface area contributed by atoms with Crippen LogP contribution in [0.2, 0.25) is 5.02 Å². The number of rotatable bonds is 8. The molecule has 2 heterocycles. The molecule has 0 saturated heterocycles. The molecule has 7 nitrogen and oxygen atoms in total. The molecule has 1 aromatic carbocycles. The number of halogens is 2. The van der Waals surface area contributed by atoms with Crippen molar-refractivity contribution in [3.8, 4) is 0 Å². The highest BCUT2D eigenvalue weighted by atomic mass is 35.5. The van der Waals surface area contributed by atoms with Crippen molar-refractivity contribution < 1.29 is 18.7 Å². The van der Waals surface area contributed by atoms with Gasteiger partial charge in [0.2, 0.25) is 0 Å². The molecule has 158 valence electrons. The van der Waals surface area contributed by atoms with Crippen LogP contribution in [-0.2, 0) is 16.1 Å². The summed E-state index contributed by atoms with van der Waals surface area (Å²) in [7, 11) is 1.27. The fourth-order valence-corrected chi connectivity index (χ4v) is 2.93. The molecule has 0 spiro atoms. The number of hydrogen-bond donors (Lipinski definition) is 2. The van der Waals surface area contributed by atoms with E-state index in [2.05, 4.69) is 15.3 Å². The lowest BCUT2D eigenvalue weighted by atomic mass is 10.1. The normalized spacial score (nSPS) is 12.0. The number of anilines is 2. The molecule has 1 atom stereocenters. The summed E-state index contributed by atoms with van der Waals surface area (Å²) < 4.78 is 25.2. The van der Waals surface area contributed by atoms with Gasteiger partial charge in [0.25, 0.3) is 0 Å². The van der Waals surface area contributed by atoms with Gasteiger partial charge in [-0.3, -0.25) is 4.98 Å². The number of aromatic nitrogens is 2. The highest BCUT2D eigenvalue weighted by Crippen LogP contribution is 2.32. The Morgan fingerprint density at radius 3 is 2.83 bits per heavy atom. The molecular formula is C21H22ClFN4O3. The molecule has 3 N–H and O–H groups in total. The summed E-state index contributed by atoms with van der Waals surface area (Å²) >= 11 is 6.00. The fourth-order valence-electron chi connectivity index (χ4n) is 2.78. The van der Waals surface area contributed by atoms with Gasteiger partial charge in [-0.1, -0.05) is 17.7 Å². The molecule has 0 fully saturated rings. The maximum Gasteiger partial charge on any atom is 0.356 e. The van der Waals surface area contributed by atoms with Crippen molar-refractivity contribution >= 4 is 40.0 Å². The van der Waals surface area contributed by atoms with Gasteiger partial charge in [-0.15, -0.1) is 0 Å². The molecule has 0 aliphatic rings. The molecule has 30 heavy (non-hydrogen) atoms. The number of ether oxygens (including phenoxy) is 2. The van der Waals surface area contributed by atoms with Crippen molar-refractivity contribution in [1.82, 2.24) is 9.97 Å². The molecule has 9 heteroatoms. The predicted molar refractivity (Wildman–Crippen MR) is 113 cm³/mol. The minimum atomic E-state index is -0.612. The van der Waals surface area contributed by atoms with E-state index in [1.807, 2.05) is 6.92 Å². The maximum absolute atomic E-state index is 14.9. The molecule has 2 aromatic heterocycles. The minimum Gasteiger partial charge on any atom is -0.464 e. The van der Waals surface area contributed by atoms with Crippen molar-refractivity contribution in [3.63, 3.8) is 0 Å². The third-order valence-corrected chi connectivity index (χ3v) is 4.69. The maximum atomic E-state index is 14.9. The number of esters is 1. The summed E-state index contributed by atoms with van der Waals surface area (Å²) in [5.74, 6) is -1.19. The second-order valence-electron chi connectivity index (χ2n) is 6.75. The molecule has 0 aliphatic carbocycles. The third-order valence-electron chi connectivity index (χ3n) is 4.39. The van der Waals surface area contributed by atoms with Crippen molar-refractivity contribution in [2.24, 2.45) is 5.73 Å². The number of pyridine rings is 2. The molecule has 3 aromatic rings. The van der Waals surface area contributed by atoms with E-state index in [0.717, 1.165) is 0 Å². The van der Waals surface area contributed by atoms with Crippen LogP contribution in [0.3, 0.4) is 0 Å². The van der Waals surface area contributed by atoms with Crippen molar-refractivity contribution in [1.29, 1.82) is 0 Å². The summed E-state index contributed by atoms with van der Waals surface area (Å²) in [4.78, 5) is 20.4. The molecule has 3 rings (SSSR count). The fraction of sp³-hybridized carbons (Fsp3) is 0.286. The number of methoxy groups -OCH3 is 1. The average Bonchev–Trinajstić information content (AvgIpc) is 2.74. The van der Waals surface area contributed by atoms with E-state index in [9.17, 15) is 9.18 Å². The Morgan fingerprint density at radius 1 is 1.30 bits per heavy atom. The molecule has 0 amide bonds. The van der Waals surface area contributed by atoms with Gasteiger partial charge in [-0.25, -0.2) is 14.2 Å². The minimum absolute atomic E-state index is 0.0165. The van der Waals surface area contributed by atoms with E-state index in [4.69, 9.17) is 26.8 Å². The van der Waals surface area contributed by atoms with Crippen molar-refractivity contribution in [3.05, 3.63) is 58.6 Å². The van der Waals surface area contributed by atoms with E-state index in [1.54, 1.807) is 24.4 Å². The summed E-state index contributed by atoms with van der Waals surface area (Å²) in [6.07, 6.45) is 2.25. The molecule has 0 radical (unpaired) electrons. The van der Waals surface area contributed by atoms with E-state index in [1.165, 1.54) is 19.2 Å². The number of nitrogens with one attached hydrogen (secondary N) is 1. The van der Waals surface area contributed by atoms with Gasteiger partial charge in [0, 0.05) is 24.4 Å². The lowest BCUT2D eigenvalue weighted by Crippen LogP contribution is -2.17. The topological polar surface area (TPSA) is 99.4 Å². The number of hydrogen-bond acceptors (Lipinski definition) is 7. The van der Waals surface area contributed by atoms with Crippen LogP contribution in [0.5, 0.6) is 0 Å². The zero-order chi connectivity index (χ0) is 21.7. The number of benzene rings is 1. The van der Waals surface area contributed by atoms with Crippen LogP contribution in [0, 0.1) is 5.82 Å². The van der Waals surface area contributed by atoms with Crippen LogP contribution in [-0.4, -0.2) is 35.7 Å². The van der Waals surface area contributed by atoms with Gasteiger partial charge < -0.3 is 20.5 Å². The standard InChI is InChI=1S/C21H22ClFN4O3/c1-12(24)8-10-30-11-13-3-4-14(22)18(23)19(13)26-16-7-9-25-15-5-6-17(21(28)29-2)27-20(15)16/h3-7,9,12H,8,10-11,24H2,1-2H3,(H,25,26)/t12-/m1/s1. The van der Waals surface area contributed by atoms with Gasteiger partial charge in [0.05, 0.1) is 35.6 Å². The molecular weight excluding hydrogens is 411 g/mol. The number of fused-ring (bicyclic) bond motifs is 1. The Morgan fingerprint density at radius 2 is 2.10 bits per heavy atom. The smallest absolute Gasteiger partial charge is 0.356 e. The zero-order valence-corrected chi connectivity index (χ0v) is 17.4. The summed E-state index contributed by atoms with van der Waals surface area (Å²) in [5.41, 5.74) is 7.98. The SMILES string of the molecule is COC(=O)c1ccc2nccc(Nc3c(COCC[C@@H](C)N)ccc(Cl)c3F)c2n1. The van der Waals surface area contributed by atoms with E-state index < -0.39 is 11.8 Å². The van der Waals surface area contributed by atoms with Crippen LogP contribution in [0.15, 0.2) is 36.5 Å². The second-order valence-corrected chi connectivity index (χ2v) is 7.16. The first-order valence-electron chi connectivity index (χ1n) is 9.32. The molecule has 0 saturated carbocycles. The highest BCUT2D eigenvalue weighted by molar-refractivity contribution is 6.31. The van der Waals surface area contributed by atoms with Crippen LogP contribution in [0.25, 0.3) is 11.0 Å². The predicted octanol–water partition coefficient (Wildman–Crippen LogP) is 4.21. The number of carbonyl (C=O) groups excluding carboxylic acids is 1. The lowest BCUT2D eigenvalue weighted by Gasteiger charge is -2.16. The van der Waals surface area contributed by atoms with Gasteiger partial charge in [-0.05, 0) is 37.6 Å². The lowest BCUT2D eigenvalue weighted by molar-refractivity contribution is 0.0594. The first kappa shape index (κ1) is 21.9. The van der Waals surface area contributed by atoms with E-state index in [0.29, 0.717) is 35.3 Å². The Hall–Kier alpha value is -2.81. The number of nitrogens with zero attached hydrogens (tertiary/aromatic N) is 2. The summed E-state index contributed by atoms with van der Waals surface area (Å²) in [5, 5.41) is 3.01. The molecule has 0 unspecified atom stereocenters. The largest absolute Gasteiger partial charge is 0.464 e. The third kappa shape index (κ3) is 5.02. The Labute approximate surface area is 178 Å². The summed E-state index contributed by atoms with van der Waals surface area (Å²) in [6.45, 7) is 2.51. The van der Waals surface area contributed by atoms with Gasteiger partial charge in [-0.2, -0.15) is 0 Å². The molecule has 0 aliphatic heterocycles. The summed E-state index contributed by atoms with van der Waals surface area (Å²) in [6, 6.07) is 7.98. The Balaban J connectivity index is 1.96. The monoisotopic (exact) mass is 432 g/mol. The first-order valence-corrected chi connectivity index (χ1v) is 9.69. The van der Waals surface area contributed by atoms with Gasteiger partial charge >= 0.3 is 5.97 Å².